The number of halogens is 2. The summed E-state index contributed by atoms with van der Waals surface area (Å²) in [6, 6.07) is 11.6. The maximum Gasteiger partial charge on any atom is 0.260 e. The molecule has 3 rings (SSSR count). The van der Waals surface area contributed by atoms with Crippen LogP contribution in [0.5, 0.6) is 0 Å². The van der Waals surface area contributed by atoms with Crippen molar-refractivity contribution in [1.29, 1.82) is 0 Å². The van der Waals surface area contributed by atoms with Crippen molar-refractivity contribution in [2.75, 3.05) is 32.1 Å². The lowest BCUT2D eigenvalue weighted by molar-refractivity contribution is 0.0985. The molecular weight excluding hydrogens is 417 g/mol. The monoisotopic (exact) mass is 435 g/mol. The van der Waals surface area contributed by atoms with Crippen LogP contribution in [-0.2, 0) is 0 Å². The number of carbonyl (C=O) groups is 1. The third kappa shape index (κ3) is 4.47. The normalized spacial score (nSPS) is 11.3. The highest BCUT2D eigenvalue weighted by Gasteiger charge is 2.21. The SMILES string of the molecule is CN(C)CCCN(C(=O)c1cccc(F)c1)c1nc2ccc(Br)cc2s1. The third-order valence-electron chi connectivity index (χ3n) is 3.87. The highest BCUT2D eigenvalue weighted by atomic mass is 79.9. The van der Waals surface area contributed by atoms with Gasteiger partial charge in [-0.25, -0.2) is 9.37 Å². The molecule has 0 spiro atoms. The molecule has 1 amide bonds. The van der Waals surface area contributed by atoms with Crippen molar-refractivity contribution in [3.63, 3.8) is 0 Å². The van der Waals surface area contributed by atoms with Crippen LogP contribution in [-0.4, -0.2) is 43.0 Å². The van der Waals surface area contributed by atoms with Crippen LogP contribution in [0.4, 0.5) is 9.52 Å². The summed E-state index contributed by atoms with van der Waals surface area (Å²) in [7, 11) is 3.99. The second kappa shape index (κ2) is 8.24. The summed E-state index contributed by atoms with van der Waals surface area (Å²) in [6.07, 6.45) is 0.799. The standard InChI is InChI=1S/C19H19BrFN3OS/c1-23(2)9-4-10-24(18(25)13-5-3-6-15(21)11-13)19-22-16-8-7-14(20)12-17(16)26-19/h3,5-8,11-12H,4,9-10H2,1-2H3. The molecule has 0 fully saturated rings. The van der Waals surface area contributed by atoms with E-state index in [9.17, 15) is 9.18 Å². The van der Waals surface area contributed by atoms with E-state index < -0.39 is 5.82 Å². The lowest BCUT2D eigenvalue weighted by Gasteiger charge is -2.21. The lowest BCUT2D eigenvalue weighted by atomic mass is 10.2. The van der Waals surface area contributed by atoms with Gasteiger partial charge in [0.25, 0.3) is 5.91 Å². The largest absolute Gasteiger partial charge is 0.309 e. The Morgan fingerprint density at radius 1 is 1.19 bits per heavy atom. The van der Waals surface area contributed by atoms with Crippen LogP contribution in [0.2, 0.25) is 0 Å². The molecule has 1 heterocycles. The van der Waals surface area contributed by atoms with Gasteiger partial charge in [0, 0.05) is 16.6 Å². The van der Waals surface area contributed by atoms with E-state index >= 15 is 0 Å². The van der Waals surface area contributed by atoms with Gasteiger partial charge in [-0.3, -0.25) is 9.69 Å². The Hall–Kier alpha value is -1.83. The molecule has 0 N–H and O–H groups in total. The molecule has 0 aliphatic carbocycles. The zero-order chi connectivity index (χ0) is 18.7. The molecule has 0 saturated heterocycles. The van der Waals surface area contributed by atoms with E-state index in [1.165, 1.54) is 23.5 Å². The van der Waals surface area contributed by atoms with Gasteiger partial charge in [0.1, 0.15) is 5.82 Å². The molecule has 26 heavy (non-hydrogen) atoms. The third-order valence-corrected chi connectivity index (χ3v) is 5.41. The summed E-state index contributed by atoms with van der Waals surface area (Å²) in [6.45, 7) is 1.37. The molecule has 7 heteroatoms. The average Bonchev–Trinajstić information content (AvgIpc) is 3.00. The molecule has 0 saturated carbocycles. The van der Waals surface area contributed by atoms with Gasteiger partial charge in [0.15, 0.2) is 5.13 Å². The van der Waals surface area contributed by atoms with E-state index in [2.05, 4.69) is 25.8 Å². The number of hydrogen-bond acceptors (Lipinski definition) is 4. The highest BCUT2D eigenvalue weighted by Crippen LogP contribution is 2.31. The van der Waals surface area contributed by atoms with E-state index in [-0.39, 0.29) is 5.91 Å². The number of carbonyl (C=O) groups excluding carboxylic acids is 1. The summed E-state index contributed by atoms with van der Waals surface area (Å²) < 4.78 is 15.5. The molecule has 2 aromatic carbocycles. The van der Waals surface area contributed by atoms with Crippen LogP contribution < -0.4 is 4.90 Å². The van der Waals surface area contributed by atoms with Gasteiger partial charge in [0.2, 0.25) is 0 Å². The van der Waals surface area contributed by atoms with Crippen LogP contribution in [0.3, 0.4) is 0 Å². The molecule has 0 aliphatic heterocycles. The average molecular weight is 436 g/mol. The summed E-state index contributed by atoms with van der Waals surface area (Å²) in [5.41, 5.74) is 1.17. The second-order valence-corrected chi connectivity index (χ2v) is 8.16. The zero-order valence-electron chi connectivity index (χ0n) is 14.6. The molecule has 4 nitrogen and oxygen atoms in total. The van der Waals surface area contributed by atoms with Gasteiger partial charge in [-0.15, -0.1) is 0 Å². The fourth-order valence-corrected chi connectivity index (χ4v) is 4.15. The summed E-state index contributed by atoms with van der Waals surface area (Å²) in [5, 5.41) is 0.631. The first-order chi connectivity index (χ1) is 12.4. The minimum absolute atomic E-state index is 0.235. The van der Waals surface area contributed by atoms with E-state index in [0.717, 1.165) is 27.7 Å². The molecular formula is C19H19BrFN3OS. The van der Waals surface area contributed by atoms with Gasteiger partial charge >= 0.3 is 0 Å². The smallest absolute Gasteiger partial charge is 0.260 e. The minimum Gasteiger partial charge on any atom is -0.309 e. The van der Waals surface area contributed by atoms with Crippen molar-refractivity contribution < 1.29 is 9.18 Å². The maximum atomic E-state index is 13.6. The van der Waals surface area contributed by atoms with E-state index in [0.29, 0.717) is 17.2 Å². The van der Waals surface area contributed by atoms with Gasteiger partial charge in [-0.2, -0.15) is 0 Å². The Bertz CT molecular complexity index is 928. The Morgan fingerprint density at radius 2 is 2.00 bits per heavy atom. The van der Waals surface area contributed by atoms with Gasteiger partial charge in [-0.05, 0) is 63.5 Å². The Kier molecular flexibility index (Phi) is 6.01. The van der Waals surface area contributed by atoms with E-state index in [1.54, 1.807) is 17.0 Å². The van der Waals surface area contributed by atoms with E-state index in [1.807, 2.05) is 32.3 Å². The Labute approximate surface area is 164 Å². The number of nitrogens with zero attached hydrogens (tertiary/aromatic N) is 3. The van der Waals surface area contributed by atoms with Crippen LogP contribution in [0.1, 0.15) is 16.8 Å². The molecule has 0 bridgehead atoms. The second-order valence-electron chi connectivity index (χ2n) is 6.23. The van der Waals surface area contributed by atoms with Gasteiger partial charge in [0.05, 0.1) is 10.2 Å². The van der Waals surface area contributed by atoms with Crippen molar-refractivity contribution in [3.8, 4) is 0 Å². The summed E-state index contributed by atoms with van der Waals surface area (Å²) in [5.74, 6) is -0.654. The zero-order valence-corrected chi connectivity index (χ0v) is 17.0. The van der Waals surface area contributed by atoms with Crippen molar-refractivity contribution in [3.05, 3.63) is 58.3 Å². The number of hydrogen-bond donors (Lipinski definition) is 0. The van der Waals surface area contributed by atoms with Gasteiger partial charge in [-0.1, -0.05) is 33.3 Å². The Morgan fingerprint density at radius 3 is 2.73 bits per heavy atom. The first kappa shape index (κ1) is 18.9. The highest BCUT2D eigenvalue weighted by molar-refractivity contribution is 9.10. The first-order valence-electron chi connectivity index (χ1n) is 8.22. The fourth-order valence-electron chi connectivity index (χ4n) is 2.61. The van der Waals surface area contributed by atoms with Gasteiger partial charge < -0.3 is 4.90 Å². The molecule has 0 radical (unpaired) electrons. The van der Waals surface area contributed by atoms with Crippen molar-refractivity contribution in [1.82, 2.24) is 9.88 Å². The fraction of sp³-hybridized carbons (Fsp3) is 0.263. The number of thiazole rings is 1. The van der Waals surface area contributed by atoms with Crippen LogP contribution >= 0.6 is 27.3 Å². The van der Waals surface area contributed by atoms with Crippen molar-refractivity contribution >= 4 is 48.5 Å². The van der Waals surface area contributed by atoms with Crippen molar-refractivity contribution in [2.45, 2.75) is 6.42 Å². The Balaban J connectivity index is 1.94. The number of rotatable bonds is 6. The molecule has 0 atom stereocenters. The summed E-state index contributed by atoms with van der Waals surface area (Å²) in [4.78, 5) is 21.4. The number of fused-ring (bicyclic) bond motifs is 1. The molecule has 136 valence electrons. The molecule has 0 aliphatic rings. The molecule has 0 unspecified atom stereocenters. The minimum atomic E-state index is -0.419. The number of anilines is 1. The van der Waals surface area contributed by atoms with E-state index in [4.69, 9.17) is 0 Å². The number of amides is 1. The molecule has 3 aromatic rings. The number of aromatic nitrogens is 1. The summed E-state index contributed by atoms with van der Waals surface area (Å²) >= 11 is 4.92. The topological polar surface area (TPSA) is 36.4 Å². The first-order valence-corrected chi connectivity index (χ1v) is 9.83. The lowest BCUT2D eigenvalue weighted by Crippen LogP contribution is -2.33. The van der Waals surface area contributed by atoms with Crippen LogP contribution in [0, 0.1) is 5.82 Å². The van der Waals surface area contributed by atoms with Crippen LogP contribution in [0.25, 0.3) is 10.2 Å². The quantitative estimate of drug-likeness (QED) is 0.557. The predicted molar refractivity (Wildman–Crippen MR) is 109 cm³/mol. The maximum absolute atomic E-state index is 13.6. The molecule has 1 aromatic heterocycles. The number of benzene rings is 2. The van der Waals surface area contributed by atoms with Crippen molar-refractivity contribution in [2.24, 2.45) is 0 Å². The predicted octanol–water partition coefficient (Wildman–Crippen LogP) is 4.80. The van der Waals surface area contributed by atoms with Crippen LogP contribution in [0.15, 0.2) is 46.9 Å².